The lowest BCUT2D eigenvalue weighted by Crippen LogP contribution is -2.07. The largest absolute Gasteiger partial charge is 0.481 e. The third kappa shape index (κ3) is 3.58. The minimum atomic E-state index is -2.98. The standard InChI is InChI=1S/C11H15ClF2O2S/c1-10(2)7(8(10)9(15)16)3-4-11(13,14)17-6-5-12/h3-4,7-8H,5-6H2,1-2H3,(H,15,16). The van der Waals surface area contributed by atoms with Gasteiger partial charge in [-0.25, -0.2) is 0 Å². The molecule has 1 saturated carbocycles. The normalized spacial score (nSPS) is 27.4. The van der Waals surface area contributed by atoms with Crippen molar-refractivity contribution in [1.29, 1.82) is 0 Å². The molecule has 0 bridgehead atoms. The van der Waals surface area contributed by atoms with Crippen LogP contribution < -0.4 is 0 Å². The molecule has 0 aromatic rings. The van der Waals surface area contributed by atoms with Crippen molar-refractivity contribution in [2.75, 3.05) is 11.6 Å². The van der Waals surface area contributed by atoms with Gasteiger partial charge in [-0.3, -0.25) is 4.79 Å². The van der Waals surface area contributed by atoms with E-state index >= 15 is 0 Å². The number of aliphatic carboxylic acids is 1. The molecule has 1 N–H and O–H groups in total. The predicted molar refractivity (Wildman–Crippen MR) is 65.7 cm³/mol. The van der Waals surface area contributed by atoms with Gasteiger partial charge in [0.25, 0.3) is 0 Å². The van der Waals surface area contributed by atoms with E-state index < -0.39 is 22.6 Å². The lowest BCUT2D eigenvalue weighted by Gasteiger charge is -2.09. The third-order valence-corrected chi connectivity index (χ3v) is 4.39. The molecule has 2 unspecified atom stereocenters. The van der Waals surface area contributed by atoms with Crippen LogP contribution in [0.5, 0.6) is 0 Å². The number of allylic oxidation sites excluding steroid dienone is 1. The summed E-state index contributed by atoms with van der Waals surface area (Å²) in [7, 11) is 0. The molecular weight excluding hydrogens is 270 g/mol. The molecule has 17 heavy (non-hydrogen) atoms. The molecule has 0 spiro atoms. The van der Waals surface area contributed by atoms with Gasteiger partial charge in [0.2, 0.25) is 0 Å². The molecule has 1 rings (SSSR count). The van der Waals surface area contributed by atoms with Crippen molar-refractivity contribution in [3.05, 3.63) is 12.2 Å². The third-order valence-electron chi connectivity index (χ3n) is 3.05. The van der Waals surface area contributed by atoms with Crippen LogP contribution in [0.1, 0.15) is 13.8 Å². The summed E-state index contributed by atoms with van der Waals surface area (Å²) in [4.78, 5) is 10.8. The highest BCUT2D eigenvalue weighted by Gasteiger charge is 2.60. The Kier molecular flexibility index (Phi) is 4.47. The van der Waals surface area contributed by atoms with Crippen molar-refractivity contribution in [3.63, 3.8) is 0 Å². The van der Waals surface area contributed by atoms with Crippen molar-refractivity contribution in [2.24, 2.45) is 17.3 Å². The first-order valence-electron chi connectivity index (χ1n) is 5.22. The van der Waals surface area contributed by atoms with Crippen LogP contribution in [0.15, 0.2) is 12.2 Å². The number of rotatable bonds is 6. The van der Waals surface area contributed by atoms with Gasteiger partial charge in [0, 0.05) is 11.6 Å². The summed E-state index contributed by atoms with van der Waals surface area (Å²) in [6.45, 7) is 3.54. The number of alkyl halides is 3. The highest BCUT2D eigenvalue weighted by atomic mass is 35.5. The van der Waals surface area contributed by atoms with Crippen LogP contribution in [-0.2, 0) is 4.79 Å². The maximum Gasteiger partial charge on any atom is 0.312 e. The summed E-state index contributed by atoms with van der Waals surface area (Å²) in [5.41, 5.74) is -0.435. The molecule has 1 aliphatic rings. The quantitative estimate of drug-likeness (QED) is 0.599. The van der Waals surface area contributed by atoms with Gasteiger partial charge in [-0.1, -0.05) is 31.7 Å². The average Bonchev–Trinajstić information content (AvgIpc) is 2.75. The molecule has 0 aromatic heterocycles. The van der Waals surface area contributed by atoms with E-state index in [0.717, 1.165) is 6.08 Å². The minimum absolute atomic E-state index is 0.162. The van der Waals surface area contributed by atoms with Crippen molar-refractivity contribution in [1.82, 2.24) is 0 Å². The maximum absolute atomic E-state index is 13.2. The van der Waals surface area contributed by atoms with E-state index in [4.69, 9.17) is 16.7 Å². The predicted octanol–water partition coefficient (Wildman–Crippen LogP) is 3.46. The first-order valence-corrected chi connectivity index (χ1v) is 6.74. The number of thioether (sulfide) groups is 1. The highest BCUT2D eigenvalue weighted by Crippen LogP contribution is 2.59. The van der Waals surface area contributed by atoms with Crippen molar-refractivity contribution in [3.8, 4) is 0 Å². The van der Waals surface area contributed by atoms with Gasteiger partial charge in [-0.05, 0) is 17.4 Å². The Labute approximate surface area is 108 Å². The fourth-order valence-electron chi connectivity index (χ4n) is 1.95. The van der Waals surface area contributed by atoms with Gasteiger partial charge in [0.1, 0.15) is 0 Å². The van der Waals surface area contributed by atoms with Crippen LogP contribution in [0.4, 0.5) is 8.78 Å². The van der Waals surface area contributed by atoms with Crippen LogP contribution >= 0.6 is 23.4 Å². The van der Waals surface area contributed by atoms with Gasteiger partial charge >= 0.3 is 11.2 Å². The molecule has 2 atom stereocenters. The molecule has 6 heteroatoms. The minimum Gasteiger partial charge on any atom is -0.481 e. The van der Waals surface area contributed by atoms with E-state index in [2.05, 4.69) is 0 Å². The van der Waals surface area contributed by atoms with Gasteiger partial charge in [0.05, 0.1) is 5.92 Å². The Hall–Kier alpha value is -0.290. The van der Waals surface area contributed by atoms with E-state index in [0.29, 0.717) is 11.8 Å². The fourth-order valence-corrected chi connectivity index (χ4v) is 2.70. The number of halogens is 3. The second-order valence-corrected chi connectivity index (χ2v) is 6.24. The molecule has 1 aliphatic carbocycles. The lowest BCUT2D eigenvalue weighted by atomic mass is 10.1. The van der Waals surface area contributed by atoms with Crippen molar-refractivity contribution >= 4 is 29.3 Å². The monoisotopic (exact) mass is 284 g/mol. The van der Waals surface area contributed by atoms with Gasteiger partial charge in [-0.15, -0.1) is 11.6 Å². The summed E-state index contributed by atoms with van der Waals surface area (Å²) in [6, 6.07) is 0. The first kappa shape index (κ1) is 14.8. The van der Waals surface area contributed by atoms with Gasteiger partial charge in [-0.2, -0.15) is 8.78 Å². The van der Waals surface area contributed by atoms with Crippen molar-refractivity contribution in [2.45, 2.75) is 19.1 Å². The number of carboxylic acid groups (broad SMARTS) is 1. The number of carboxylic acids is 1. The van der Waals surface area contributed by atoms with E-state index in [-0.39, 0.29) is 17.6 Å². The fraction of sp³-hybridized carbons (Fsp3) is 0.727. The number of carbonyl (C=O) groups is 1. The number of hydrogen-bond acceptors (Lipinski definition) is 2. The first-order chi connectivity index (χ1) is 7.72. The topological polar surface area (TPSA) is 37.3 Å². The molecule has 1 fully saturated rings. The molecule has 98 valence electrons. The number of hydrogen-bond donors (Lipinski definition) is 1. The van der Waals surface area contributed by atoms with Crippen LogP contribution in [-0.4, -0.2) is 28.0 Å². The average molecular weight is 285 g/mol. The molecule has 0 saturated heterocycles. The molecule has 0 heterocycles. The highest BCUT2D eigenvalue weighted by molar-refractivity contribution is 8.00. The Bertz CT molecular complexity index is 331. The smallest absolute Gasteiger partial charge is 0.312 e. The van der Waals surface area contributed by atoms with Crippen molar-refractivity contribution < 1.29 is 18.7 Å². The Morgan fingerprint density at radius 2 is 2.18 bits per heavy atom. The zero-order valence-corrected chi connectivity index (χ0v) is 11.2. The van der Waals surface area contributed by atoms with E-state index in [1.165, 1.54) is 6.08 Å². The molecular formula is C11H15ClF2O2S. The zero-order chi connectivity index (χ0) is 13.3. The SMILES string of the molecule is CC1(C)C(C=CC(F)(F)SCCCl)C1C(=O)O. The van der Waals surface area contributed by atoms with Crippen LogP contribution in [0, 0.1) is 17.3 Å². The van der Waals surface area contributed by atoms with E-state index in [9.17, 15) is 13.6 Å². The Morgan fingerprint density at radius 3 is 2.59 bits per heavy atom. The summed E-state index contributed by atoms with van der Waals surface area (Å²) in [5, 5.41) is 5.91. The Balaban J connectivity index is 2.58. The summed E-state index contributed by atoms with van der Waals surface area (Å²) >= 11 is 5.80. The zero-order valence-electron chi connectivity index (χ0n) is 9.62. The van der Waals surface area contributed by atoms with E-state index in [1.54, 1.807) is 13.8 Å². The summed E-state index contributed by atoms with van der Waals surface area (Å²) < 4.78 is 26.5. The molecule has 0 aromatic carbocycles. The molecule has 2 nitrogen and oxygen atoms in total. The van der Waals surface area contributed by atoms with Crippen LogP contribution in [0.3, 0.4) is 0 Å². The second-order valence-electron chi connectivity index (χ2n) is 4.62. The summed E-state index contributed by atoms with van der Waals surface area (Å²) in [6.07, 6.45) is 2.11. The van der Waals surface area contributed by atoms with Crippen LogP contribution in [0.25, 0.3) is 0 Å². The van der Waals surface area contributed by atoms with E-state index in [1.807, 2.05) is 0 Å². The molecule has 0 radical (unpaired) electrons. The maximum atomic E-state index is 13.2. The van der Waals surface area contributed by atoms with Gasteiger partial charge in [0.15, 0.2) is 0 Å². The van der Waals surface area contributed by atoms with Crippen LogP contribution in [0.2, 0.25) is 0 Å². The lowest BCUT2D eigenvalue weighted by molar-refractivity contribution is -0.139. The molecule has 0 amide bonds. The summed E-state index contributed by atoms with van der Waals surface area (Å²) in [5.74, 6) is -1.48. The Morgan fingerprint density at radius 1 is 1.59 bits per heavy atom. The second kappa shape index (κ2) is 5.14. The van der Waals surface area contributed by atoms with Gasteiger partial charge < -0.3 is 5.11 Å². The molecule has 0 aliphatic heterocycles.